The average Bonchev–Trinajstić information content (AvgIpc) is 3.47. The summed E-state index contributed by atoms with van der Waals surface area (Å²) in [4.78, 5) is 7.58. The van der Waals surface area contributed by atoms with Crippen LogP contribution in [-0.2, 0) is 20.1 Å². The van der Waals surface area contributed by atoms with Crippen LogP contribution in [0.15, 0.2) is 29.3 Å². The molecule has 9 heteroatoms. The van der Waals surface area contributed by atoms with Gasteiger partial charge in [0.2, 0.25) is 0 Å². The largest absolute Gasteiger partial charge is 0.497 e. The molecule has 1 aromatic carbocycles. The Labute approximate surface area is 214 Å². The molecule has 0 spiro atoms. The Hall–Kier alpha value is -1.88. The topological polar surface area (TPSA) is 79.6 Å². The highest BCUT2D eigenvalue weighted by molar-refractivity contribution is 14.0. The molecule has 0 amide bonds. The Balaban J connectivity index is 0.00000306. The zero-order valence-electron chi connectivity index (χ0n) is 20.1. The fraction of sp³-hybridized carbons (Fsp3) is 0.625. The van der Waals surface area contributed by atoms with Gasteiger partial charge in [-0.2, -0.15) is 0 Å². The SMILES string of the molecule is COc1ccc(CN=C(NCc2nnc(C)n2C)NC2CCN(C3CCCC3)CC2)cc1.I. The van der Waals surface area contributed by atoms with Crippen molar-refractivity contribution in [3.63, 3.8) is 0 Å². The van der Waals surface area contributed by atoms with Gasteiger partial charge in [-0.3, -0.25) is 0 Å². The summed E-state index contributed by atoms with van der Waals surface area (Å²) in [6, 6.07) is 9.34. The molecule has 2 fully saturated rings. The van der Waals surface area contributed by atoms with Gasteiger partial charge in [-0.1, -0.05) is 25.0 Å². The van der Waals surface area contributed by atoms with Crippen molar-refractivity contribution in [2.24, 2.45) is 12.0 Å². The molecule has 2 aliphatic rings. The summed E-state index contributed by atoms with van der Waals surface area (Å²) < 4.78 is 7.27. The van der Waals surface area contributed by atoms with Gasteiger partial charge in [0.25, 0.3) is 0 Å². The van der Waals surface area contributed by atoms with E-state index in [1.807, 2.05) is 30.7 Å². The van der Waals surface area contributed by atoms with Crippen molar-refractivity contribution in [1.29, 1.82) is 0 Å². The van der Waals surface area contributed by atoms with Crippen LogP contribution in [-0.4, -0.2) is 57.9 Å². The first kappa shape index (κ1) is 25.7. The second-order valence-corrected chi connectivity index (χ2v) is 8.98. The number of likely N-dealkylation sites (tertiary alicyclic amines) is 1. The summed E-state index contributed by atoms with van der Waals surface area (Å²) >= 11 is 0. The van der Waals surface area contributed by atoms with E-state index in [1.54, 1.807) is 7.11 Å². The van der Waals surface area contributed by atoms with Crippen molar-refractivity contribution in [1.82, 2.24) is 30.3 Å². The number of hydrogen-bond donors (Lipinski definition) is 2. The standard InChI is InChI=1S/C24H37N7O.HI/c1-18-28-29-23(30(18)2)17-26-24(25-16-19-8-10-22(32-3)11-9-19)27-20-12-14-31(15-13-20)21-6-4-5-7-21;/h8-11,20-21H,4-7,12-17H2,1-3H3,(H2,25,26,27);1H. The molecule has 1 aliphatic heterocycles. The van der Waals surface area contributed by atoms with Gasteiger partial charge in [0.1, 0.15) is 11.6 Å². The van der Waals surface area contributed by atoms with E-state index in [0.29, 0.717) is 19.1 Å². The average molecular weight is 568 g/mol. The molecule has 0 bridgehead atoms. The lowest BCUT2D eigenvalue weighted by Gasteiger charge is -2.36. The molecule has 1 saturated carbocycles. The molecule has 1 aliphatic carbocycles. The van der Waals surface area contributed by atoms with Gasteiger partial charge in [0, 0.05) is 32.2 Å². The minimum Gasteiger partial charge on any atom is -0.497 e. The highest BCUT2D eigenvalue weighted by atomic mass is 127. The second-order valence-electron chi connectivity index (χ2n) is 8.98. The van der Waals surface area contributed by atoms with Crippen molar-refractivity contribution in [3.05, 3.63) is 41.5 Å². The lowest BCUT2D eigenvalue weighted by Crippen LogP contribution is -2.50. The molecule has 0 unspecified atom stereocenters. The van der Waals surface area contributed by atoms with Crippen LogP contribution in [0.1, 0.15) is 55.7 Å². The quantitative estimate of drug-likeness (QED) is 0.304. The van der Waals surface area contributed by atoms with Crippen LogP contribution in [0.5, 0.6) is 5.75 Å². The zero-order chi connectivity index (χ0) is 22.3. The maximum Gasteiger partial charge on any atom is 0.192 e. The number of piperidine rings is 1. The predicted molar refractivity (Wildman–Crippen MR) is 142 cm³/mol. The number of aromatic nitrogens is 3. The van der Waals surface area contributed by atoms with Crippen molar-refractivity contribution < 1.29 is 4.74 Å². The lowest BCUT2D eigenvalue weighted by molar-refractivity contribution is 0.150. The smallest absolute Gasteiger partial charge is 0.192 e. The van der Waals surface area contributed by atoms with Gasteiger partial charge < -0.3 is 24.8 Å². The van der Waals surface area contributed by atoms with E-state index in [-0.39, 0.29) is 24.0 Å². The summed E-state index contributed by atoms with van der Waals surface area (Å²) in [5.74, 6) is 3.50. The molecule has 2 heterocycles. The fourth-order valence-electron chi connectivity index (χ4n) is 4.69. The number of hydrogen-bond acceptors (Lipinski definition) is 5. The number of halogens is 1. The monoisotopic (exact) mass is 567 g/mol. The Bertz CT molecular complexity index is 885. The number of benzene rings is 1. The fourth-order valence-corrected chi connectivity index (χ4v) is 4.69. The van der Waals surface area contributed by atoms with Crippen molar-refractivity contribution in [2.75, 3.05) is 20.2 Å². The van der Waals surface area contributed by atoms with Crippen LogP contribution in [0, 0.1) is 6.92 Å². The maximum absolute atomic E-state index is 5.26. The van der Waals surface area contributed by atoms with Gasteiger partial charge in [-0.05, 0) is 50.3 Å². The summed E-state index contributed by atoms with van der Waals surface area (Å²) in [7, 11) is 3.68. The molecule has 2 aromatic rings. The van der Waals surface area contributed by atoms with Crippen LogP contribution in [0.3, 0.4) is 0 Å². The molecule has 1 saturated heterocycles. The van der Waals surface area contributed by atoms with E-state index in [4.69, 9.17) is 9.73 Å². The number of aliphatic imine (C=N–C) groups is 1. The summed E-state index contributed by atoms with van der Waals surface area (Å²) in [6.07, 6.45) is 7.87. The number of ether oxygens (including phenoxy) is 1. The third-order valence-corrected chi connectivity index (χ3v) is 6.89. The molecule has 33 heavy (non-hydrogen) atoms. The van der Waals surface area contributed by atoms with Gasteiger partial charge in [0.15, 0.2) is 11.8 Å². The Morgan fingerprint density at radius 1 is 1.09 bits per heavy atom. The van der Waals surface area contributed by atoms with E-state index in [1.165, 1.54) is 38.8 Å². The van der Waals surface area contributed by atoms with Crippen LogP contribution in [0.4, 0.5) is 0 Å². The third kappa shape index (κ3) is 7.05. The van der Waals surface area contributed by atoms with Crippen LogP contribution in [0.2, 0.25) is 0 Å². The Kier molecular flexibility index (Phi) is 9.78. The molecule has 1 aromatic heterocycles. The number of nitrogens with one attached hydrogen (secondary N) is 2. The summed E-state index contributed by atoms with van der Waals surface area (Å²) in [5.41, 5.74) is 1.15. The van der Waals surface area contributed by atoms with Gasteiger partial charge in [-0.25, -0.2) is 4.99 Å². The minimum atomic E-state index is 0. The second kappa shape index (κ2) is 12.5. The van der Waals surface area contributed by atoms with E-state index >= 15 is 0 Å². The molecule has 4 rings (SSSR count). The van der Waals surface area contributed by atoms with Gasteiger partial charge in [0.05, 0.1) is 20.2 Å². The number of methoxy groups -OCH3 is 1. The first-order valence-corrected chi connectivity index (χ1v) is 11.9. The highest BCUT2D eigenvalue weighted by Crippen LogP contribution is 2.26. The minimum absolute atomic E-state index is 0. The van der Waals surface area contributed by atoms with Crippen molar-refractivity contribution in [3.8, 4) is 5.75 Å². The maximum atomic E-state index is 5.26. The first-order valence-electron chi connectivity index (χ1n) is 11.9. The Morgan fingerprint density at radius 3 is 2.39 bits per heavy atom. The van der Waals surface area contributed by atoms with Crippen molar-refractivity contribution >= 4 is 29.9 Å². The first-order chi connectivity index (χ1) is 15.6. The molecule has 0 atom stereocenters. The molecule has 182 valence electrons. The number of guanidine groups is 1. The number of rotatable bonds is 7. The molecular weight excluding hydrogens is 529 g/mol. The molecule has 2 N–H and O–H groups in total. The molecule has 0 radical (unpaired) electrons. The predicted octanol–water partition coefficient (Wildman–Crippen LogP) is 3.39. The third-order valence-electron chi connectivity index (χ3n) is 6.89. The highest BCUT2D eigenvalue weighted by Gasteiger charge is 2.27. The van der Waals surface area contributed by atoms with E-state index in [0.717, 1.165) is 47.8 Å². The van der Waals surface area contributed by atoms with Crippen LogP contribution >= 0.6 is 24.0 Å². The van der Waals surface area contributed by atoms with Crippen LogP contribution in [0.25, 0.3) is 0 Å². The van der Waals surface area contributed by atoms with E-state index in [2.05, 4.69) is 37.9 Å². The number of aryl methyl sites for hydroxylation is 1. The van der Waals surface area contributed by atoms with Gasteiger partial charge >= 0.3 is 0 Å². The van der Waals surface area contributed by atoms with E-state index in [9.17, 15) is 0 Å². The van der Waals surface area contributed by atoms with Gasteiger partial charge in [-0.15, -0.1) is 34.2 Å². The van der Waals surface area contributed by atoms with E-state index < -0.39 is 0 Å². The summed E-state index contributed by atoms with van der Waals surface area (Å²) in [5, 5.41) is 15.6. The lowest BCUT2D eigenvalue weighted by atomic mass is 10.0. The number of nitrogens with zero attached hydrogens (tertiary/aromatic N) is 5. The van der Waals surface area contributed by atoms with Crippen molar-refractivity contribution in [2.45, 2.75) is 70.6 Å². The normalized spacial score (nSPS) is 18.2. The Morgan fingerprint density at radius 2 is 1.79 bits per heavy atom. The van der Waals surface area contributed by atoms with Crippen LogP contribution < -0.4 is 15.4 Å². The summed E-state index contributed by atoms with van der Waals surface area (Å²) in [6.45, 7) is 5.52. The molecular formula is C24H38IN7O. The molecule has 8 nitrogen and oxygen atoms in total. The zero-order valence-corrected chi connectivity index (χ0v) is 22.4.